The number of rotatable bonds is 5. The van der Waals surface area contributed by atoms with E-state index in [1.807, 2.05) is 0 Å². The van der Waals surface area contributed by atoms with Crippen LogP contribution in [-0.2, 0) is 4.79 Å². The lowest BCUT2D eigenvalue weighted by atomic mass is 10.1. The van der Waals surface area contributed by atoms with Gasteiger partial charge in [-0.1, -0.05) is 11.6 Å². The number of nitrogens with zero attached hydrogens (tertiary/aromatic N) is 3. The summed E-state index contributed by atoms with van der Waals surface area (Å²) in [6.07, 6.45) is 6.45. The zero-order valence-electron chi connectivity index (χ0n) is 13.1. The second-order valence-corrected chi connectivity index (χ2v) is 5.94. The molecule has 126 valence electrons. The Labute approximate surface area is 145 Å². The molecule has 1 aliphatic heterocycles. The molecule has 24 heavy (non-hydrogen) atoms. The molecule has 1 saturated heterocycles. The van der Waals surface area contributed by atoms with Gasteiger partial charge >= 0.3 is 0 Å². The third-order valence-corrected chi connectivity index (χ3v) is 3.99. The van der Waals surface area contributed by atoms with Gasteiger partial charge < -0.3 is 14.4 Å². The zero-order chi connectivity index (χ0) is 16.8. The summed E-state index contributed by atoms with van der Waals surface area (Å²) < 4.78 is 11.3. The predicted molar refractivity (Wildman–Crippen MR) is 89.2 cm³/mol. The molecule has 3 rings (SSSR count). The van der Waals surface area contributed by atoms with E-state index in [9.17, 15) is 4.79 Å². The Hall–Kier alpha value is -2.34. The van der Waals surface area contributed by atoms with Gasteiger partial charge in [-0.3, -0.25) is 9.78 Å². The molecule has 1 amide bonds. The minimum atomic E-state index is -0.0741. The van der Waals surface area contributed by atoms with Crippen LogP contribution < -0.4 is 9.47 Å². The number of halogens is 1. The lowest BCUT2D eigenvalue weighted by molar-refractivity contribution is -0.136. The van der Waals surface area contributed by atoms with Crippen molar-refractivity contribution in [1.29, 1.82) is 0 Å². The molecule has 0 spiro atoms. The molecule has 2 aromatic rings. The van der Waals surface area contributed by atoms with Crippen molar-refractivity contribution in [2.24, 2.45) is 0 Å². The molecule has 6 nitrogen and oxygen atoms in total. The lowest BCUT2D eigenvalue weighted by Gasteiger charge is -2.32. The number of likely N-dealkylation sites (tertiary alicyclic amines) is 1. The molecule has 1 aromatic heterocycles. The molecule has 7 heteroatoms. The minimum absolute atomic E-state index is 0.000501. The van der Waals surface area contributed by atoms with Gasteiger partial charge in [0.2, 0.25) is 5.88 Å². The average molecular weight is 348 g/mol. The summed E-state index contributed by atoms with van der Waals surface area (Å²) in [6, 6.07) is 6.94. The molecule has 0 radical (unpaired) electrons. The Kier molecular flexibility index (Phi) is 5.48. The van der Waals surface area contributed by atoms with Crippen LogP contribution in [0.4, 0.5) is 0 Å². The monoisotopic (exact) mass is 347 g/mol. The van der Waals surface area contributed by atoms with E-state index < -0.39 is 0 Å². The molecule has 0 saturated carbocycles. The van der Waals surface area contributed by atoms with Crippen LogP contribution in [0, 0.1) is 0 Å². The number of aromatic nitrogens is 2. The summed E-state index contributed by atoms with van der Waals surface area (Å²) in [7, 11) is 0. The van der Waals surface area contributed by atoms with Crippen LogP contribution >= 0.6 is 11.6 Å². The number of piperidine rings is 1. The third kappa shape index (κ3) is 4.58. The largest absolute Gasteiger partial charge is 0.484 e. The van der Waals surface area contributed by atoms with Crippen molar-refractivity contribution in [1.82, 2.24) is 14.9 Å². The summed E-state index contributed by atoms with van der Waals surface area (Å²) in [5, 5.41) is 0.633. The van der Waals surface area contributed by atoms with Gasteiger partial charge in [0.25, 0.3) is 5.91 Å². The Bertz CT molecular complexity index is 667. The smallest absolute Gasteiger partial charge is 0.260 e. The van der Waals surface area contributed by atoms with Crippen molar-refractivity contribution in [2.45, 2.75) is 18.9 Å². The van der Waals surface area contributed by atoms with E-state index in [4.69, 9.17) is 21.1 Å². The van der Waals surface area contributed by atoms with Crippen LogP contribution in [0.15, 0.2) is 42.9 Å². The highest BCUT2D eigenvalue weighted by atomic mass is 35.5. The number of benzene rings is 1. The van der Waals surface area contributed by atoms with Gasteiger partial charge in [0.15, 0.2) is 6.61 Å². The highest BCUT2D eigenvalue weighted by molar-refractivity contribution is 6.30. The Balaban J connectivity index is 1.50. The van der Waals surface area contributed by atoms with E-state index in [1.54, 1.807) is 47.8 Å². The topological polar surface area (TPSA) is 64.5 Å². The standard InChI is InChI=1S/C17H18ClN3O3/c18-13-3-5-14(6-4-13)23-12-17(22)21-9-1-2-15(11-21)24-16-10-19-7-8-20-16/h3-8,10,15H,1-2,9,11-12H2. The maximum atomic E-state index is 12.3. The molecule has 1 unspecified atom stereocenters. The van der Waals surface area contributed by atoms with E-state index >= 15 is 0 Å². The highest BCUT2D eigenvalue weighted by Gasteiger charge is 2.25. The summed E-state index contributed by atoms with van der Waals surface area (Å²) in [6.45, 7) is 1.24. The van der Waals surface area contributed by atoms with Crippen LogP contribution in [0.5, 0.6) is 11.6 Å². The van der Waals surface area contributed by atoms with Gasteiger partial charge in [-0.15, -0.1) is 0 Å². The SMILES string of the molecule is O=C(COc1ccc(Cl)cc1)N1CCCC(Oc2cnccn2)C1. The number of hydrogen-bond donors (Lipinski definition) is 0. The Morgan fingerprint density at radius 1 is 1.29 bits per heavy atom. The van der Waals surface area contributed by atoms with E-state index in [0.717, 1.165) is 12.8 Å². The number of carbonyl (C=O) groups is 1. The normalized spacial score (nSPS) is 17.4. The number of amides is 1. The maximum absolute atomic E-state index is 12.3. The van der Waals surface area contributed by atoms with E-state index in [2.05, 4.69) is 9.97 Å². The fourth-order valence-electron chi connectivity index (χ4n) is 2.55. The maximum Gasteiger partial charge on any atom is 0.260 e. The summed E-state index contributed by atoms with van der Waals surface area (Å²) >= 11 is 5.82. The van der Waals surface area contributed by atoms with Crippen molar-refractivity contribution in [2.75, 3.05) is 19.7 Å². The summed E-state index contributed by atoms with van der Waals surface area (Å²) in [4.78, 5) is 22.2. The molecule has 1 atom stereocenters. The molecular formula is C17H18ClN3O3. The summed E-state index contributed by atoms with van der Waals surface area (Å²) in [5.74, 6) is 1.05. The molecule has 0 aliphatic carbocycles. The van der Waals surface area contributed by atoms with Crippen molar-refractivity contribution in [3.05, 3.63) is 47.9 Å². The fourth-order valence-corrected chi connectivity index (χ4v) is 2.67. The number of hydrogen-bond acceptors (Lipinski definition) is 5. The van der Waals surface area contributed by atoms with Crippen molar-refractivity contribution in [3.8, 4) is 11.6 Å². The van der Waals surface area contributed by atoms with Gasteiger partial charge in [-0.25, -0.2) is 4.98 Å². The van der Waals surface area contributed by atoms with Crippen LogP contribution in [0.25, 0.3) is 0 Å². The third-order valence-electron chi connectivity index (χ3n) is 3.73. The Morgan fingerprint density at radius 3 is 2.88 bits per heavy atom. The zero-order valence-corrected chi connectivity index (χ0v) is 13.9. The lowest BCUT2D eigenvalue weighted by Crippen LogP contribution is -2.46. The molecule has 0 bridgehead atoms. The predicted octanol–water partition coefficient (Wildman–Crippen LogP) is 2.58. The second kappa shape index (κ2) is 7.97. The van der Waals surface area contributed by atoms with Crippen LogP contribution in [-0.4, -0.2) is 46.6 Å². The highest BCUT2D eigenvalue weighted by Crippen LogP contribution is 2.18. The fraction of sp³-hybridized carbons (Fsp3) is 0.353. The van der Waals surface area contributed by atoms with Gasteiger partial charge in [0, 0.05) is 24.0 Å². The van der Waals surface area contributed by atoms with Crippen LogP contribution in [0.3, 0.4) is 0 Å². The van der Waals surface area contributed by atoms with Crippen molar-refractivity contribution >= 4 is 17.5 Å². The van der Waals surface area contributed by atoms with Gasteiger partial charge in [0.1, 0.15) is 11.9 Å². The van der Waals surface area contributed by atoms with E-state index in [-0.39, 0.29) is 18.6 Å². The molecule has 2 heterocycles. The first-order valence-corrected chi connectivity index (χ1v) is 8.17. The first-order valence-electron chi connectivity index (χ1n) is 7.79. The molecule has 1 aromatic carbocycles. The Morgan fingerprint density at radius 2 is 2.12 bits per heavy atom. The average Bonchev–Trinajstić information content (AvgIpc) is 2.62. The quantitative estimate of drug-likeness (QED) is 0.831. The summed E-state index contributed by atoms with van der Waals surface area (Å²) in [5.41, 5.74) is 0. The van der Waals surface area contributed by atoms with Crippen LogP contribution in [0.2, 0.25) is 5.02 Å². The van der Waals surface area contributed by atoms with Gasteiger partial charge in [-0.2, -0.15) is 0 Å². The molecule has 1 fully saturated rings. The molecular weight excluding hydrogens is 330 g/mol. The second-order valence-electron chi connectivity index (χ2n) is 5.51. The number of carbonyl (C=O) groups excluding carboxylic acids is 1. The molecule has 0 N–H and O–H groups in total. The molecule has 1 aliphatic rings. The van der Waals surface area contributed by atoms with E-state index in [1.165, 1.54) is 0 Å². The van der Waals surface area contributed by atoms with Crippen LogP contribution in [0.1, 0.15) is 12.8 Å². The van der Waals surface area contributed by atoms with Crippen molar-refractivity contribution in [3.63, 3.8) is 0 Å². The minimum Gasteiger partial charge on any atom is -0.484 e. The van der Waals surface area contributed by atoms with Gasteiger partial charge in [0.05, 0.1) is 12.7 Å². The first kappa shape index (κ1) is 16.5. The van der Waals surface area contributed by atoms with E-state index in [0.29, 0.717) is 29.7 Å². The van der Waals surface area contributed by atoms with Gasteiger partial charge in [-0.05, 0) is 37.1 Å². The number of ether oxygens (including phenoxy) is 2. The first-order chi connectivity index (χ1) is 11.7. The van der Waals surface area contributed by atoms with Crippen molar-refractivity contribution < 1.29 is 14.3 Å².